The van der Waals surface area contributed by atoms with E-state index in [1.807, 2.05) is 24.3 Å². The second-order valence-electron chi connectivity index (χ2n) is 7.26. The van der Waals surface area contributed by atoms with Gasteiger partial charge in [0.2, 0.25) is 0 Å². The zero-order valence-corrected chi connectivity index (χ0v) is 15.0. The minimum Gasteiger partial charge on any atom is -0.464 e. The number of likely N-dealkylation sites (tertiary alicyclic amines) is 1. The van der Waals surface area contributed by atoms with Crippen molar-refractivity contribution in [2.24, 2.45) is 5.92 Å². The Balaban J connectivity index is 1.64. The normalized spacial score (nSPS) is 24.2. The molecule has 0 spiro atoms. The summed E-state index contributed by atoms with van der Waals surface area (Å²) in [6.45, 7) is 4.36. The fourth-order valence-corrected chi connectivity index (χ4v) is 4.28. The van der Waals surface area contributed by atoms with E-state index in [4.69, 9.17) is 4.42 Å². The van der Waals surface area contributed by atoms with E-state index in [9.17, 15) is 9.50 Å². The summed E-state index contributed by atoms with van der Waals surface area (Å²) in [6.07, 6.45) is 2.83. The average Bonchev–Trinajstić information content (AvgIpc) is 3.12. The molecule has 2 heterocycles. The Bertz CT molecular complexity index is 892. The smallest absolute Gasteiger partial charge is 0.142 e. The van der Waals surface area contributed by atoms with Gasteiger partial charge < -0.3 is 9.52 Å². The van der Waals surface area contributed by atoms with Crippen LogP contribution in [0.5, 0.6) is 0 Å². The minimum atomic E-state index is -1.20. The number of aliphatic hydroxyl groups is 1. The van der Waals surface area contributed by atoms with E-state index in [0.717, 1.165) is 31.4 Å². The number of halogens is 1. The molecule has 0 radical (unpaired) electrons. The molecular weight excluding hydrogens is 329 g/mol. The molecule has 2 aromatic carbocycles. The zero-order valence-electron chi connectivity index (χ0n) is 15.0. The van der Waals surface area contributed by atoms with Gasteiger partial charge in [0.15, 0.2) is 0 Å². The summed E-state index contributed by atoms with van der Waals surface area (Å²) in [5, 5.41) is 12.4. The van der Waals surface area contributed by atoms with E-state index < -0.39 is 5.60 Å². The molecule has 1 aromatic heterocycles. The van der Waals surface area contributed by atoms with Crippen LogP contribution in [0.1, 0.15) is 30.9 Å². The molecule has 1 aliphatic heterocycles. The monoisotopic (exact) mass is 353 g/mol. The van der Waals surface area contributed by atoms with Crippen molar-refractivity contribution in [1.29, 1.82) is 0 Å². The van der Waals surface area contributed by atoms with Gasteiger partial charge in [-0.25, -0.2) is 4.39 Å². The Morgan fingerprint density at radius 3 is 2.77 bits per heavy atom. The number of furan rings is 1. The van der Waals surface area contributed by atoms with Crippen molar-refractivity contribution in [3.05, 3.63) is 71.7 Å². The molecule has 0 bridgehead atoms. The van der Waals surface area contributed by atoms with Crippen molar-refractivity contribution in [3.8, 4) is 0 Å². The van der Waals surface area contributed by atoms with Crippen molar-refractivity contribution < 1.29 is 13.9 Å². The molecule has 3 aromatic rings. The van der Waals surface area contributed by atoms with E-state index in [1.165, 1.54) is 11.6 Å². The lowest BCUT2D eigenvalue weighted by Crippen LogP contribution is -2.50. The predicted molar refractivity (Wildman–Crippen MR) is 100 cm³/mol. The van der Waals surface area contributed by atoms with E-state index in [0.29, 0.717) is 17.6 Å². The van der Waals surface area contributed by atoms with Gasteiger partial charge in [0.25, 0.3) is 0 Å². The molecule has 1 aliphatic rings. The lowest BCUT2D eigenvalue weighted by molar-refractivity contribution is -0.0826. The van der Waals surface area contributed by atoms with E-state index in [-0.39, 0.29) is 11.7 Å². The first kappa shape index (κ1) is 17.3. The number of hydrogen-bond acceptors (Lipinski definition) is 3. The number of rotatable bonds is 4. The van der Waals surface area contributed by atoms with Gasteiger partial charge in [0.1, 0.15) is 17.0 Å². The summed E-state index contributed by atoms with van der Waals surface area (Å²) in [5.74, 6) is -0.435. The van der Waals surface area contributed by atoms with Crippen LogP contribution in [0.25, 0.3) is 11.0 Å². The molecule has 4 rings (SSSR count). The van der Waals surface area contributed by atoms with Gasteiger partial charge in [0, 0.05) is 30.9 Å². The van der Waals surface area contributed by atoms with Crippen molar-refractivity contribution in [3.63, 3.8) is 0 Å². The fourth-order valence-electron chi connectivity index (χ4n) is 4.28. The zero-order chi connectivity index (χ0) is 18.1. The van der Waals surface area contributed by atoms with Crippen LogP contribution in [0.3, 0.4) is 0 Å². The number of benzene rings is 2. The number of hydrogen-bond donors (Lipinski definition) is 1. The van der Waals surface area contributed by atoms with Crippen molar-refractivity contribution in [2.45, 2.75) is 31.9 Å². The average molecular weight is 353 g/mol. The maximum absolute atomic E-state index is 14.7. The number of fused-ring (bicyclic) bond motifs is 1. The molecule has 0 saturated carbocycles. The third-order valence-electron chi connectivity index (χ3n) is 5.71. The Labute approximate surface area is 153 Å². The fraction of sp³-hybridized carbons (Fsp3) is 0.364. The van der Waals surface area contributed by atoms with Crippen LogP contribution in [0.2, 0.25) is 0 Å². The molecule has 4 heteroatoms. The Morgan fingerprint density at radius 1 is 1.19 bits per heavy atom. The lowest BCUT2D eigenvalue weighted by Gasteiger charge is -2.44. The highest BCUT2D eigenvalue weighted by atomic mass is 19.1. The summed E-state index contributed by atoms with van der Waals surface area (Å²) in [7, 11) is 0. The first-order valence-electron chi connectivity index (χ1n) is 9.26. The van der Waals surface area contributed by atoms with Crippen molar-refractivity contribution in [1.82, 2.24) is 4.90 Å². The predicted octanol–water partition coefficient (Wildman–Crippen LogP) is 4.69. The van der Waals surface area contributed by atoms with Gasteiger partial charge in [-0.05, 0) is 36.6 Å². The highest BCUT2D eigenvalue weighted by molar-refractivity contribution is 5.81. The van der Waals surface area contributed by atoms with Gasteiger partial charge in [-0.2, -0.15) is 0 Å². The van der Waals surface area contributed by atoms with Gasteiger partial charge in [-0.15, -0.1) is 0 Å². The topological polar surface area (TPSA) is 36.6 Å². The molecule has 0 amide bonds. The molecule has 1 N–H and O–H groups in total. The van der Waals surface area contributed by atoms with Gasteiger partial charge in [-0.1, -0.05) is 37.3 Å². The largest absolute Gasteiger partial charge is 0.464 e. The van der Waals surface area contributed by atoms with Crippen LogP contribution in [0.15, 0.2) is 59.2 Å². The van der Waals surface area contributed by atoms with Crippen LogP contribution in [-0.2, 0) is 12.1 Å². The summed E-state index contributed by atoms with van der Waals surface area (Å²) < 4.78 is 20.3. The van der Waals surface area contributed by atoms with Crippen molar-refractivity contribution in [2.75, 3.05) is 13.1 Å². The van der Waals surface area contributed by atoms with Crippen LogP contribution < -0.4 is 0 Å². The first-order chi connectivity index (χ1) is 12.6. The van der Waals surface area contributed by atoms with Gasteiger partial charge >= 0.3 is 0 Å². The van der Waals surface area contributed by atoms with Crippen LogP contribution >= 0.6 is 0 Å². The van der Waals surface area contributed by atoms with E-state index >= 15 is 0 Å². The van der Waals surface area contributed by atoms with Crippen LogP contribution in [-0.4, -0.2) is 23.1 Å². The molecule has 136 valence electrons. The maximum Gasteiger partial charge on any atom is 0.142 e. The molecule has 26 heavy (non-hydrogen) atoms. The third-order valence-corrected chi connectivity index (χ3v) is 5.71. The summed E-state index contributed by atoms with van der Waals surface area (Å²) >= 11 is 0. The minimum absolute atomic E-state index is 0.0508. The number of piperidine rings is 1. The van der Waals surface area contributed by atoms with Crippen LogP contribution in [0, 0.1) is 11.7 Å². The molecular formula is C22H24FNO2. The second kappa shape index (κ2) is 6.86. The van der Waals surface area contributed by atoms with Gasteiger partial charge in [0.05, 0.1) is 11.8 Å². The molecule has 2 atom stereocenters. The van der Waals surface area contributed by atoms with E-state index in [1.54, 1.807) is 12.3 Å². The summed E-state index contributed by atoms with van der Waals surface area (Å²) in [6, 6.07) is 15.3. The Hall–Kier alpha value is -2.17. The quantitative estimate of drug-likeness (QED) is 0.739. The molecule has 0 aliphatic carbocycles. The SMILES string of the molecule is CC[C@H]1CN(Cc2ccccc2)CC[C@]1(O)c1c(F)ccc2ccoc12. The third kappa shape index (κ3) is 2.93. The first-order valence-corrected chi connectivity index (χ1v) is 9.26. The Kier molecular flexibility index (Phi) is 4.55. The molecule has 1 fully saturated rings. The number of nitrogens with zero attached hydrogens (tertiary/aromatic N) is 1. The summed E-state index contributed by atoms with van der Waals surface area (Å²) in [4.78, 5) is 2.35. The highest BCUT2D eigenvalue weighted by Crippen LogP contribution is 2.43. The lowest BCUT2D eigenvalue weighted by atomic mass is 9.74. The Morgan fingerprint density at radius 2 is 2.00 bits per heavy atom. The maximum atomic E-state index is 14.7. The second-order valence-corrected chi connectivity index (χ2v) is 7.26. The summed E-state index contributed by atoms with van der Waals surface area (Å²) in [5.41, 5.74) is 0.851. The van der Waals surface area contributed by atoms with Crippen LogP contribution in [0.4, 0.5) is 4.39 Å². The molecule has 3 nitrogen and oxygen atoms in total. The van der Waals surface area contributed by atoms with Gasteiger partial charge in [-0.3, -0.25) is 4.90 Å². The van der Waals surface area contributed by atoms with E-state index in [2.05, 4.69) is 24.0 Å². The van der Waals surface area contributed by atoms with Crippen molar-refractivity contribution >= 4 is 11.0 Å². The molecule has 1 saturated heterocycles. The standard InChI is InChI=1S/C22H24FNO2/c1-2-18-15-24(14-16-6-4-3-5-7-16)12-11-22(18,25)20-19(23)9-8-17-10-13-26-21(17)20/h3-10,13,18,25H,2,11-12,14-15H2,1H3/t18-,22+/m0/s1. The highest BCUT2D eigenvalue weighted by Gasteiger charge is 2.45. The molecule has 0 unspecified atom stereocenters.